The van der Waals surface area contributed by atoms with Gasteiger partial charge in [0.25, 0.3) is 0 Å². The standard InChI is InChI=1S/C24H27N3O7/c1-27(2)18-13-9-11-8-12-10(4-3-7-25)5-6-14(28)16(12)19(29)15(11)21(31)24(13,34)22(32)17(20(18)30)23(26)33/h5-6,11,13,15,17-18,20,28,30,34H,3-4,8-9H2,1-2H3,(H2,26,33)/t11-,13-,15?,17?,18-,20?,24-/m1/s1. The number of carbonyl (C=O) groups excluding carboxylic acids is 4. The number of fused-ring (bicyclic) bond motifs is 3. The maximum Gasteiger partial charge on any atom is 0.230 e. The molecule has 34 heavy (non-hydrogen) atoms. The second kappa shape index (κ2) is 8.27. The number of aromatic hydroxyl groups is 1. The quantitative estimate of drug-likeness (QED) is 0.407. The Bertz CT molecular complexity index is 1140. The number of carbonyl (C=O) groups is 4. The number of aryl methyl sites for hydroxylation is 1. The lowest BCUT2D eigenvalue weighted by atomic mass is 9.52. The Hall–Kier alpha value is -3.13. The van der Waals surface area contributed by atoms with Gasteiger partial charge in [-0.05, 0) is 56.5 Å². The summed E-state index contributed by atoms with van der Waals surface area (Å²) in [7, 11) is 3.19. The number of rotatable bonds is 4. The molecule has 0 aromatic heterocycles. The first-order valence-corrected chi connectivity index (χ1v) is 11.2. The fraction of sp³-hybridized carbons (Fsp3) is 0.542. The van der Waals surface area contributed by atoms with Crippen molar-refractivity contribution in [1.29, 1.82) is 5.26 Å². The molecule has 4 rings (SSSR count). The number of amides is 1. The van der Waals surface area contributed by atoms with Crippen LogP contribution in [0.2, 0.25) is 0 Å². The van der Waals surface area contributed by atoms with Gasteiger partial charge in [-0.2, -0.15) is 5.26 Å². The van der Waals surface area contributed by atoms with E-state index in [1.54, 1.807) is 25.1 Å². The Labute approximate surface area is 196 Å². The molecule has 0 heterocycles. The summed E-state index contributed by atoms with van der Waals surface area (Å²) in [6.45, 7) is 0. The average molecular weight is 469 g/mol. The molecule has 7 atom stereocenters. The predicted octanol–water partition coefficient (Wildman–Crippen LogP) is -0.885. The predicted molar refractivity (Wildman–Crippen MR) is 116 cm³/mol. The molecule has 0 spiro atoms. The lowest BCUT2D eigenvalue weighted by molar-refractivity contribution is -0.190. The zero-order valence-corrected chi connectivity index (χ0v) is 18.9. The molecule has 3 aliphatic carbocycles. The molecule has 3 aliphatic rings. The number of primary amides is 1. The number of nitrogens with zero attached hydrogens (tertiary/aromatic N) is 2. The summed E-state index contributed by atoms with van der Waals surface area (Å²) >= 11 is 0. The Morgan fingerprint density at radius 2 is 1.94 bits per heavy atom. The molecule has 0 radical (unpaired) electrons. The molecule has 1 aromatic rings. The zero-order chi connectivity index (χ0) is 25.1. The molecule has 2 fully saturated rings. The molecule has 1 amide bonds. The van der Waals surface area contributed by atoms with E-state index >= 15 is 0 Å². The van der Waals surface area contributed by atoms with Crippen molar-refractivity contribution >= 4 is 23.3 Å². The summed E-state index contributed by atoms with van der Waals surface area (Å²) in [5.41, 5.74) is 3.91. The third kappa shape index (κ3) is 3.19. The first kappa shape index (κ1) is 24.0. The molecule has 0 aliphatic heterocycles. The number of aliphatic hydroxyl groups is 2. The number of nitrogens with two attached hydrogens (primary N) is 1. The normalized spacial score (nSPS) is 34.8. The van der Waals surface area contributed by atoms with Crippen molar-refractivity contribution in [2.75, 3.05) is 14.1 Å². The highest BCUT2D eigenvalue weighted by molar-refractivity contribution is 6.25. The summed E-state index contributed by atoms with van der Waals surface area (Å²) in [4.78, 5) is 54.0. The minimum Gasteiger partial charge on any atom is -0.507 e. The van der Waals surface area contributed by atoms with E-state index < -0.39 is 64.7 Å². The van der Waals surface area contributed by atoms with E-state index in [1.807, 2.05) is 0 Å². The lowest BCUT2D eigenvalue weighted by Crippen LogP contribution is -2.75. The molecule has 2 saturated carbocycles. The number of aliphatic hydroxyl groups excluding tert-OH is 1. The van der Waals surface area contributed by atoms with Crippen LogP contribution in [0, 0.1) is 35.0 Å². The largest absolute Gasteiger partial charge is 0.507 e. The molecule has 0 bridgehead atoms. The number of hydrogen-bond acceptors (Lipinski definition) is 9. The van der Waals surface area contributed by atoms with Crippen LogP contribution < -0.4 is 5.73 Å². The molecule has 10 heteroatoms. The van der Waals surface area contributed by atoms with Crippen molar-refractivity contribution in [3.8, 4) is 11.8 Å². The third-order valence-electron chi connectivity index (χ3n) is 7.78. The highest BCUT2D eigenvalue weighted by Crippen LogP contribution is 2.51. The smallest absolute Gasteiger partial charge is 0.230 e. The monoisotopic (exact) mass is 469 g/mol. The van der Waals surface area contributed by atoms with Crippen molar-refractivity contribution < 1.29 is 34.5 Å². The van der Waals surface area contributed by atoms with Gasteiger partial charge in [-0.15, -0.1) is 0 Å². The Morgan fingerprint density at radius 3 is 2.53 bits per heavy atom. The van der Waals surface area contributed by atoms with E-state index in [-0.39, 0.29) is 30.6 Å². The van der Waals surface area contributed by atoms with Gasteiger partial charge in [-0.1, -0.05) is 6.07 Å². The SMILES string of the molecule is CN(C)[C@H]1C(O)C(C(N)=O)C(=O)[C@]2(O)C(=O)C3C(=O)c4c(O)ccc(CCC#N)c4C[C@@H]3C[C@H]12. The van der Waals surface area contributed by atoms with Crippen LogP contribution >= 0.6 is 0 Å². The second-order valence-electron chi connectivity index (χ2n) is 9.72. The number of phenols is 1. The van der Waals surface area contributed by atoms with Crippen LogP contribution in [-0.4, -0.2) is 75.3 Å². The Morgan fingerprint density at radius 1 is 1.26 bits per heavy atom. The van der Waals surface area contributed by atoms with Crippen molar-refractivity contribution in [3.05, 3.63) is 28.8 Å². The summed E-state index contributed by atoms with van der Waals surface area (Å²) < 4.78 is 0. The molecule has 180 valence electrons. The van der Waals surface area contributed by atoms with Gasteiger partial charge in [0.2, 0.25) is 5.91 Å². The van der Waals surface area contributed by atoms with E-state index in [0.29, 0.717) is 17.5 Å². The number of nitriles is 1. The fourth-order valence-electron chi connectivity index (χ4n) is 6.31. The van der Waals surface area contributed by atoms with Gasteiger partial charge in [0.1, 0.15) is 11.7 Å². The van der Waals surface area contributed by atoms with E-state index in [2.05, 4.69) is 6.07 Å². The van der Waals surface area contributed by atoms with Crippen LogP contribution in [0.15, 0.2) is 12.1 Å². The second-order valence-corrected chi connectivity index (χ2v) is 9.72. The van der Waals surface area contributed by atoms with Crippen LogP contribution in [0.5, 0.6) is 5.75 Å². The number of benzene rings is 1. The molecular formula is C24H27N3O7. The lowest BCUT2D eigenvalue weighted by Gasteiger charge is -2.54. The van der Waals surface area contributed by atoms with Crippen LogP contribution in [0.3, 0.4) is 0 Å². The summed E-state index contributed by atoms with van der Waals surface area (Å²) in [6.07, 6.45) is -0.677. The zero-order valence-electron chi connectivity index (χ0n) is 18.9. The molecular weight excluding hydrogens is 442 g/mol. The van der Waals surface area contributed by atoms with Gasteiger partial charge in [0.15, 0.2) is 23.0 Å². The highest BCUT2D eigenvalue weighted by atomic mass is 16.3. The number of hydrogen-bond donors (Lipinski definition) is 4. The van der Waals surface area contributed by atoms with E-state index in [1.165, 1.54) is 6.07 Å². The van der Waals surface area contributed by atoms with Crippen LogP contribution in [0.25, 0.3) is 0 Å². The van der Waals surface area contributed by atoms with E-state index in [9.17, 15) is 34.5 Å². The van der Waals surface area contributed by atoms with Crippen LogP contribution in [-0.2, 0) is 27.2 Å². The molecule has 10 nitrogen and oxygen atoms in total. The van der Waals surface area contributed by atoms with Gasteiger partial charge in [0, 0.05) is 18.4 Å². The van der Waals surface area contributed by atoms with Crippen molar-refractivity contribution in [2.45, 2.75) is 43.4 Å². The number of ketones is 3. The van der Waals surface area contributed by atoms with Crippen LogP contribution in [0.4, 0.5) is 0 Å². The first-order chi connectivity index (χ1) is 16.0. The minimum atomic E-state index is -2.67. The van der Waals surface area contributed by atoms with Crippen molar-refractivity contribution in [3.63, 3.8) is 0 Å². The van der Waals surface area contributed by atoms with E-state index in [4.69, 9.17) is 11.0 Å². The van der Waals surface area contributed by atoms with Gasteiger partial charge >= 0.3 is 0 Å². The third-order valence-corrected chi connectivity index (χ3v) is 7.78. The van der Waals surface area contributed by atoms with Crippen molar-refractivity contribution in [2.24, 2.45) is 29.4 Å². The van der Waals surface area contributed by atoms with Gasteiger partial charge in [-0.25, -0.2) is 0 Å². The minimum absolute atomic E-state index is 0.0361. The first-order valence-electron chi connectivity index (χ1n) is 11.2. The number of likely N-dealkylation sites (N-methyl/N-ethyl adjacent to an activating group) is 1. The number of Topliss-reactive ketones (excluding diaryl/α,β-unsaturated/α-hetero) is 3. The van der Waals surface area contributed by atoms with Gasteiger partial charge in [-0.3, -0.25) is 19.2 Å². The van der Waals surface area contributed by atoms with Gasteiger partial charge < -0.3 is 26.0 Å². The molecule has 5 N–H and O–H groups in total. The summed E-state index contributed by atoms with van der Waals surface area (Å²) in [5, 5.41) is 41.8. The van der Waals surface area contributed by atoms with Crippen LogP contribution in [0.1, 0.15) is 34.3 Å². The Kier molecular flexibility index (Phi) is 5.84. The number of phenolic OH excluding ortho intramolecular Hbond substituents is 1. The fourth-order valence-corrected chi connectivity index (χ4v) is 6.31. The van der Waals surface area contributed by atoms with E-state index in [0.717, 1.165) is 0 Å². The molecule has 0 saturated heterocycles. The summed E-state index contributed by atoms with van der Waals surface area (Å²) in [6, 6.07) is 4.09. The topological polar surface area (TPSA) is 182 Å². The highest BCUT2D eigenvalue weighted by Gasteiger charge is 2.69. The van der Waals surface area contributed by atoms with Crippen molar-refractivity contribution in [1.82, 2.24) is 4.90 Å². The Balaban J connectivity index is 1.85. The maximum absolute atomic E-state index is 13.7. The van der Waals surface area contributed by atoms with Gasteiger partial charge in [0.05, 0.1) is 23.7 Å². The average Bonchev–Trinajstić information content (AvgIpc) is 2.75. The maximum atomic E-state index is 13.7. The summed E-state index contributed by atoms with van der Waals surface area (Å²) in [5.74, 6) is -9.23. The molecule has 1 aromatic carbocycles. The molecule has 3 unspecified atom stereocenters.